The van der Waals surface area contributed by atoms with Crippen molar-refractivity contribution in [3.05, 3.63) is 83.7 Å². The summed E-state index contributed by atoms with van der Waals surface area (Å²) in [4.78, 5) is 18.0. The molecule has 0 radical (unpaired) electrons. The third-order valence-electron chi connectivity index (χ3n) is 4.41. The topological polar surface area (TPSA) is 59.3 Å². The van der Waals surface area contributed by atoms with Crippen LogP contribution in [0.3, 0.4) is 0 Å². The van der Waals surface area contributed by atoms with Crippen LogP contribution in [0.1, 0.15) is 10.4 Å². The van der Waals surface area contributed by atoms with Gasteiger partial charge in [-0.1, -0.05) is 66.7 Å². The Bertz CT molecular complexity index is 1270. The Labute approximate surface area is 158 Å². The second-order valence-corrected chi connectivity index (χ2v) is 6.93. The number of hydrogen-bond donors (Lipinski definition) is 1. The van der Waals surface area contributed by atoms with Crippen LogP contribution in [0.5, 0.6) is 0 Å². The standard InChI is InChI=1S/C21H14N4OS/c26-19(17-12-6-10-14-7-4-5-11-16(14)17)22-20-23-21-25(24-20)18(13-27-21)15-8-2-1-3-9-15/h1-13H,(H,22,24,26). The molecule has 0 aliphatic heterocycles. The second kappa shape index (κ2) is 6.34. The van der Waals surface area contributed by atoms with Crippen molar-refractivity contribution in [3.8, 4) is 11.3 Å². The zero-order chi connectivity index (χ0) is 18.2. The third-order valence-corrected chi connectivity index (χ3v) is 5.23. The van der Waals surface area contributed by atoms with Crippen molar-refractivity contribution < 1.29 is 4.79 Å². The highest BCUT2D eigenvalue weighted by Crippen LogP contribution is 2.26. The van der Waals surface area contributed by atoms with Crippen LogP contribution in [0.15, 0.2) is 78.2 Å². The molecule has 5 aromatic rings. The largest absolute Gasteiger partial charge is 0.289 e. The molecule has 0 saturated heterocycles. The van der Waals surface area contributed by atoms with Gasteiger partial charge in [0, 0.05) is 16.5 Å². The summed E-state index contributed by atoms with van der Waals surface area (Å²) in [5, 5.41) is 11.3. The highest BCUT2D eigenvalue weighted by molar-refractivity contribution is 7.15. The number of fused-ring (bicyclic) bond motifs is 2. The van der Waals surface area contributed by atoms with E-state index in [9.17, 15) is 4.79 Å². The Morgan fingerprint density at radius 2 is 1.70 bits per heavy atom. The maximum atomic E-state index is 12.8. The lowest BCUT2D eigenvalue weighted by Crippen LogP contribution is -2.13. The highest BCUT2D eigenvalue weighted by Gasteiger charge is 2.15. The summed E-state index contributed by atoms with van der Waals surface area (Å²) in [5.74, 6) is 0.0864. The van der Waals surface area contributed by atoms with Gasteiger partial charge < -0.3 is 0 Å². The summed E-state index contributed by atoms with van der Waals surface area (Å²) in [6.45, 7) is 0. The van der Waals surface area contributed by atoms with Gasteiger partial charge in [0.15, 0.2) is 0 Å². The summed E-state index contributed by atoms with van der Waals surface area (Å²) in [6, 6.07) is 23.5. The Kier molecular flexibility index (Phi) is 3.69. The van der Waals surface area contributed by atoms with Gasteiger partial charge in [0.2, 0.25) is 4.96 Å². The molecule has 6 heteroatoms. The number of benzene rings is 3. The van der Waals surface area contributed by atoms with Crippen LogP contribution in [0.4, 0.5) is 5.95 Å². The van der Waals surface area contributed by atoms with Crippen molar-refractivity contribution >= 4 is 38.9 Å². The maximum Gasteiger partial charge on any atom is 0.258 e. The molecule has 0 unspecified atom stereocenters. The smallest absolute Gasteiger partial charge is 0.258 e. The number of carbonyl (C=O) groups is 1. The van der Waals surface area contributed by atoms with E-state index in [1.165, 1.54) is 11.3 Å². The van der Waals surface area contributed by atoms with Gasteiger partial charge >= 0.3 is 0 Å². The van der Waals surface area contributed by atoms with Crippen LogP contribution < -0.4 is 5.32 Å². The summed E-state index contributed by atoms with van der Waals surface area (Å²) in [7, 11) is 0. The maximum absolute atomic E-state index is 12.8. The predicted molar refractivity (Wildman–Crippen MR) is 108 cm³/mol. The molecule has 0 spiro atoms. The van der Waals surface area contributed by atoms with Gasteiger partial charge in [0.1, 0.15) is 0 Å². The molecule has 0 atom stereocenters. The third kappa shape index (κ3) is 2.76. The molecule has 3 aromatic carbocycles. The van der Waals surface area contributed by atoms with E-state index < -0.39 is 0 Å². The Morgan fingerprint density at radius 1 is 0.926 bits per heavy atom. The van der Waals surface area contributed by atoms with E-state index in [1.54, 1.807) is 4.52 Å². The lowest BCUT2D eigenvalue weighted by molar-refractivity contribution is 0.102. The first-order valence-corrected chi connectivity index (χ1v) is 9.36. The van der Waals surface area contributed by atoms with E-state index in [2.05, 4.69) is 15.4 Å². The van der Waals surface area contributed by atoms with Gasteiger partial charge in [-0.05, 0) is 16.8 Å². The second-order valence-electron chi connectivity index (χ2n) is 6.10. The minimum Gasteiger partial charge on any atom is -0.289 e. The summed E-state index contributed by atoms with van der Waals surface area (Å²) in [5.41, 5.74) is 2.61. The minimum absolute atomic E-state index is 0.216. The van der Waals surface area contributed by atoms with Crippen LogP contribution in [-0.4, -0.2) is 20.5 Å². The molecule has 0 aliphatic rings. The molecule has 2 aromatic heterocycles. The first kappa shape index (κ1) is 15.7. The molecule has 5 nitrogen and oxygen atoms in total. The molecule has 27 heavy (non-hydrogen) atoms. The van der Waals surface area contributed by atoms with Gasteiger partial charge in [-0.3, -0.25) is 10.1 Å². The number of nitrogens with one attached hydrogen (secondary N) is 1. The molecular weight excluding hydrogens is 356 g/mol. The van der Waals surface area contributed by atoms with Gasteiger partial charge in [0.25, 0.3) is 11.9 Å². The van der Waals surface area contributed by atoms with Crippen molar-refractivity contribution in [2.24, 2.45) is 0 Å². The molecule has 2 heterocycles. The fraction of sp³-hybridized carbons (Fsp3) is 0. The van der Waals surface area contributed by atoms with Crippen molar-refractivity contribution in [1.82, 2.24) is 14.6 Å². The van der Waals surface area contributed by atoms with Crippen LogP contribution >= 0.6 is 11.3 Å². The van der Waals surface area contributed by atoms with E-state index in [-0.39, 0.29) is 5.91 Å². The minimum atomic E-state index is -0.216. The van der Waals surface area contributed by atoms with E-state index in [0.29, 0.717) is 11.5 Å². The van der Waals surface area contributed by atoms with Crippen molar-refractivity contribution in [1.29, 1.82) is 0 Å². The first-order valence-electron chi connectivity index (χ1n) is 8.48. The van der Waals surface area contributed by atoms with E-state index >= 15 is 0 Å². The zero-order valence-corrected chi connectivity index (χ0v) is 15.0. The predicted octanol–water partition coefficient (Wildman–Crippen LogP) is 4.86. The molecule has 0 fully saturated rings. The lowest BCUT2D eigenvalue weighted by Gasteiger charge is -2.05. The van der Waals surface area contributed by atoms with E-state index in [4.69, 9.17) is 0 Å². The van der Waals surface area contributed by atoms with Gasteiger partial charge in [-0.2, -0.15) is 4.98 Å². The summed E-state index contributed by atoms with van der Waals surface area (Å²) >= 11 is 1.49. The molecule has 1 amide bonds. The molecule has 130 valence electrons. The molecule has 0 saturated carbocycles. The number of thiazole rings is 1. The zero-order valence-electron chi connectivity index (χ0n) is 14.2. The first-order chi connectivity index (χ1) is 13.3. The molecule has 5 rings (SSSR count). The number of aromatic nitrogens is 3. The van der Waals surface area contributed by atoms with E-state index in [1.807, 2.05) is 78.2 Å². The molecule has 0 bridgehead atoms. The monoisotopic (exact) mass is 370 g/mol. The van der Waals surface area contributed by atoms with Gasteiger partial charge in [-0.15, -0.1) is 16.4 Å². The van der Waals surface area contributed by atoms with Crippen LogP contribution in [-0.2, 0) is 0 Å². The molecular formula is C21H14N4OS. The van der Waals surface area contributed by atoms with Crippen molar-refractivity contribution in [3.63, 3.8) is 0 Å². The number of anilines is 1. The number of nitrogens with zero attached hydrogens (tertiary/aromatic N) is 3. The van der Waals surface area contributed by atoms with Gasteiger partial charge in [-0.25, -0.2) is 4.52 Å². The highest BCUT2D eigenvalue weighted by atomic mass is 32.1. The average molecular weight is 370 g/mol. The fourth-order valence-corrected chi connectivity index (χ4v) is 3.97. The van der Waals surface area contributed by atoms with Crippen molar-refractivity contribution in [2.45, 2.75) is 0 Å². The van der Waals surface area contributed by atoms with Gasteiger partial charge in [0.05, 0.1) is 5.69 Å². The summed E-state index contributed by atoms with van der Waals surface area (Å²) in [6.07, 6.45) is 0. The SMILES string of the molecule is O=C(Nc1nc2scc(-c3ccccc3)n2n1)c1cccc2ccccc12. The number of amides is 1. The van der Waals surface area contributed by atoms with E-state index in [0.717, 1.165) is 27.0 Å². The Balaban J connectivity index is 1.50. The Hall–Kier alpha value is -3.51. The molecule has 0 aliphatic carbocycles. The average Bonchev–Trinajstić information content (AvgIpc) is 3.28. The quantitative estimate of drug-likeness (QED) is 0.493. The Morgan fingerprint density at radius 3 is 2.59 bits per heavy atom. The summed E-state index contributed by atoms with van der Waals surface area (Å²) < 4.78 is 1.76. The fourth-order valence-electron chi connectivity index (χ4n) is 3.13. The number of hydrogen-bond acceptors (Lipinski definition) is 4. The van der Waals surface area contributed by atoms with Crippen LogP contribution in [0.2, 0.25) is 0 Å². The number of carbonyl (C=O) groups excluding carboxylic acids is 1. The van der Waals surface area contributed by atoms with Crippen molar-refractivity contribution in [2.75, 3.05) is 5.32 Å². The normalized spacial score (nSPS) is 11.1. The number of rotatable bonds is 3. The lowest BCUT2D eigenvalue weighted by atomic mass is 10.0. The van der Waals surface area contributed by atoms with Crippen LogP contribution in [0, 0.1) is 0 Å². The van der Waals surface area contributed by atoms with Crippen LogP contribution in [0.25, 0.3) is 27.0 Å². The molecule has 1 N–H and O–H groups in total.